The minimum absolute atomic E-state index is 0.0537. The third-order valence-corrected chi connectivity index (χ3v) is 6.34. The van der Waals surface area contributed by atoms with Gasteiger partial charge in [0.1, 0.15) is 4.90 Å². The first-order valence-electron chi connectivity index (χ1n) is 8.40. The van der Waals surface area contributed by atoms with E-state index in [1.54, 1.807) is 22.6 Å². The van der Waals surface area contributed by atoms with Gasteiger partial charge >= 0.3 is 0 Å². The molecule has 1 atom stereocenters. The molecule has 2 aliphatic heterocycles. The third kappa shape index (κ3) is 4.29. The van der Waals surface area contributed by atoms with Crippen LogP contribution in [-0.2, 0) is 14.8 Å². The molecule has 128 valence electrons. The number of piperidine rings is 1. The van der Waals surface area contributed by atoms with E-state index in [9.17, 15) is 8.42 Å². The first-order valence-corrected chi connectivity index (χ1v) is 9.84. The highest BCUT2D eigenvalue weighted by Crippen LogP contribution is 2.19. The molecule has 2 saturated heterocycles. The van der Waals surface area contributed by atoms with E-state index in [0.29, 0.717) is 19.7 Å². The molecule has 23 heavy (non-hydrogen) atoms. The fraction of sp³-hybridized carbons (Fsp3) is 0.688. The SMILES string of the molecule is O=S(=O)(c1cccnc1)N1CCCOC(CN2CCCCC2)C1. The number of ether oxygens (including phenoxy) is 1. The van der Waals surface area contributed by atoms with E-state index in [1.165, 1.54) is 25.5 Å². The topological polar surface area (TPSA) is 62.7 Å². The van der Waals surface area contributed by atoms with Crippen LogP contribution in [0.5, 0.6) is 0 Å². The molecule has 1 aromatic rings. The standard InChI is InChI=1S/C16H25N3O3S/c20-23(21,16-6-4-7-17-12-16)19-10-5-11-22-15(14-19)13-18-8-2-1-3-9-18/h4,6-7,12,15H,1-3,5,8-11,13-14H2. The molecule has 1 unspecified atom stereocenters. The maximum Gasteiger partial charge on any atom is 0.244 e. The van der Waals surface area contributed by atoms with Crippen LogP contribution in [0.2, 0.25) is 0 Å². The minimum Gasteiger partial charge on any atom is -0.375 e. The van der Waals surface area contributed by atoms with Crippen LogP contribution in [0.15, 0.2) is 29.4 Å². The highest BCUT2D eigenvalue weighted by Gasteiger charge is 2.30. The molecule has 0 amide bonds. The molecule has 0 radical (unpaired) electrons. The summed E-state index contributed by atoms with van der Waals surface area (Å²) in [5, 5.41) is 0. The molecule has 2 aliphatic rings. The fourth-order valence-electron chi connectivity index (χ4n) is 3.27. The second kappa shape index (κ2) is 7.70. The van der Waals surface area contributed by atoms with E-state index >= 15 is 0 Å². The lowest BCUT2D eigenvalue weighted by molar-refractivity contribution is 0.0285. The van der Waals surface area contributed by atoms with Crippen molar-refractivity contribution in [3.63, 3.8) is 0 Å². The number of sulfonamides is 1. The summed E-state index contributed by atoms with van der Waals surface area (Å²) in [4.78, 5) is 6.60. The van der Waals surface area contributed by atoms with Gasteiger partial charge in [0.2, 0.25) is 10.0 Å². The maximum absolute atomic E-state index is 12.8. The molecular formula is C16H25N3O3S. The largest absolute Gasteiger partial charge is 0.375 e. The van der Waals surface area contributed by atoms with Crippen LogP contribution in [0.25, 0.3) is 0 Å². The molecule has 6 nitrogen and oxygen atoms in total. The molecular weight excluding hydrogens is 314 g/mol. The van der Waals surface area contributed by atoms with E-state index in [2.05, 4.69) is 9.88 Å². The summed E-state index contributed by atoms with van der Waals surface area (Å²) in [7, 11) is -3.49. The quantitative estimate of drug-likeness (QED) is 0.828. The molecule has 0 aromatic carbocycles. The van der Waals surface area contributed by atoms with Gasteiger partial charge in [-0.1, -0.05) is 6.42 Å². The van der Waals surface area contributed by atoms with Crippen molar-refractivity contribution >= 4 is 10.0 Å². The van der Waals surface area contributed by atoms with Gasteiger partial charge in [0.25, 0.3) is 0 Å². The van der Waals surface area contributed by atoms with Crippen molar-refractivity contribution in [3.8, 4) is 0 Å². The number of rotatable bonds is 4. The third-order valence-electron chi connectivity index (χ3n) is 4.50. The molecule has 3 heterocycles. The van der Waals surface area contributed by atoms with Crippen molar-refractivity contribution in [3.05, 3.63) is 24.5 Å². The molecule has 0 bridgehead atoms. The van der Waals surface area contributed by atoms with Crippen molar-refractivity contribution in [2.75, 3.05) is 39.3 Å². The lowest BCUT2D eigenvalue weighted by Crippen LogP contribution is -2.43. The molecule has 3 rings (SSSR count). The Balaban J connectivity index is 1.69. The molecule has 0 saturated carbocycles. The van der Waals surface area contributed by atoms with E-state index in [4.69, 9.17) is 4.74 Å². The van der Waals surface area contributed by atoms with Gasteiger partial charge in [-0.05, 0) is 44.5 Å². The summed E-state index contributed by atoms with van der Waals surface area (Å²) < 4.78 is 33.1. The van der Waals surface area contributed by atoms with Gasteiger partial charge in [-0.2, -0.15) is 4.31 Å². The average Bonchev–Trinajstić information content (AvgIpc) is 2.83. The van der Waals surface area contributed by atoms with E-state index in [0.717, 1.165) is 26.1 Å². The first kappa shape index (κ1) is 16.8. The van der Waals surface area contributed by atoms with Gasteiger partial charge in [0.05, 0.1) is 6.10 Å². The van der Waals surface area contributed by atoms with Crippen LogP contribution >= 0.6 is 0 Å². The zero-order valence-corrected chi connectivity index (χ0v) is 14.2. The fourth-order valence-corrected chi connectivity index (χ4v) is 4.74. The van der Waals surface area contributed by atoms with Gasteiger partial charge in [-0.3, -0.25) is 4.98 Å². The molecule has 2 fully saturated rings. The Kier molecular flexibility index (Phi) is 5.63. The van der Waals surface area contributed by atoms with Crippen LogP contribution in [0.1, 0.15) is 25.7 Å². The zero-order valence-electron chi connectivity index (χ0n) is 13.4. The Morgan fingerprint density at radius 2 is 2.00 bits per heavy atom. The van der Waals surface area contributed by atoms with Crippen LogP contribution < -0.4 is 0 Å². The van der Waals surface area contributed by atoms with Crippen LogP contribution in [0.3, 0.4) is 0 Å². The number of hydrogen-bond donors (Lipinski definition) is 0. The summed E-state index contributed by atoms with van der Waals surface area (Å²) in [6, 6.07) is 3.26. The van der Waals surface area contributed by atoms with Gasteiger partial charge in [0.15, 0.2) is 0 Å². The Morgan fingerprint density at radius 3 is 2.74 bits per heavy atom. The van der Waals surface area contributed by atoms with Crippen molar-refractivity contribution in [1.82, 2.24) is 14.2 Å². The molecule has 1 aromatic heterocycles. The number of likely N-dealkylation sites (tertiary alicyclic amines) is 1. The summed E-state index contributed by atoms with van der Waals surface area (Å²) in [5.74, 6) is 0. The van der Waals surface area contributed by atoms with Gasteiger partial charge in [0, 0.05) is 38.6 Å². The minimum atomic E-state index is -3.49. The van der Waals surface area contributed by atoms with Crippen LogP contribution in [0.4, 0.5) is 0 Å². The first-order chi connectivity index (χ1) is 11.2. The van der Waals surface area contributed by atoms with Crippen molar-refractivity contribution < 1.29 is 13.2 Å². The van der Waals surface area contributed by atoms with Gasteiger partial charge < -0.3 is 9.64 Å². The Bertz CT molecular complexity index is 588. The van der Waals surface area contributed by atoms with E-state index in [1.807, 2.05) is 0 Å². The number of nitrogens with zero attached hydrogens (tertiary/aromatic N) is 3. The number of hydrogen-bond acceptors (Lipinski definition) is 5. The second-order valence-corrected chi connectivity index (χ2v) is 8.20. The summed E-state index contributed by atoms with van der Waals surface area (Å²) >= 11 is 0. The summed E-state index contributed by atoms with van der Waals surface area (Å²) in [6.45, 7) is 4.56. The highest BCUT2D eigenvalue weighted by atomic mass is 32.2. The predicted octanol–water partition coefficient (Wildman–Crippen LogP) is 1.35. The average molecular weight is 339 g/mol. The van der Waals surface area contributed by atoms with E-state index in [-0.39, 0.29) is 11.0 Å². The molecule has 0 aliphatic carbocycles. The molecule has 0 N–H and O–H groups in total. The normalized spacial score (nSPS) is 25.1. The van der Waals surface area contributed by atoms with Gasteiger partial charge in [-0.15, -0.1) is 0 Å². The Labute approximate surface area is 138 Å². The predicted molar refractivity (Wildman–Crippen MR) is 87.6 cm³/mol. The zero-order chi connectivity index (χ0) is 16.1. The summed E-state index contributed by atoms with van der Waals surface area (Å²) in [5.41, 5.74) is 0. The van der Waals surface area contributed by atoms with Crippen molar-refractivity contribution in [1.29, 1.82) is 0 Å². The summed E-state index contributed by atoms with van der Waals surface area (Å²) in [6.07, 6.45) is 7.43. The smallest absolute Gasteiger partial charge is 0.244 e. The van der Waals surface area contributed by atoms with E-state index < -0.39 is 10.0 Å². The molecule has 0 spiro atoms. The Morgan fingerprint density at radius 1 is 1.17 bits per heavy atom. The monoisotopic (exact) mass is 339 g/mol. The van der Waals surface area contributed by atoms with Crippen molar-refractivity contribution in [2.45, 2.75) is 36.7 Å². The second-order valence-electron chi connectivity index (χ2n) is 6.26. The maximum atomic E-state index is 12.8. The number of pyridine rings is 1. The molecule has 7 heteroatoms. The number of aromatic nitrogens is 1. The Hall–Kier alpha value is -1.02. The lowest BCUT2D eigenvalue weighted by Gasteiger charge is -2.31. The van der Waals surface area contributed by atoms with Crippen LogP contribution in [0, 0.1) is 0 Å². The highest BCUT2D eigenvalue weighted by molar-refractivity contribution is 7.89. The lowest BCUT2D eigenvalue weighted by atomic mass is 10.1. The van der Waals surface area contributed by atoms with Crippen molar-refractivity contribution in [2.24, 2.45) is 0 Å². The van der Waals surface area contributed by atoms with Crippen LogP contribution in [-0.4, -0.2) is 68.0 Å². The van der Waals surface area contributed by atoms with Gasteiger partial charge in [-0.25, -0.2) is 8.42 Å².